The lowest BCUT2D eigenvalue weighted by Gasteiger charge is -2.45. The molecule has 2 aliphatic rings. The molecule has 2 atom stereocenters. The molecular weight excluding hydrogens is 590 g/mol. The average molecular weight is 622 g/mol. The summed E-state index contributed by atoms with van der Waals surface area (Å²) in [4.78, 5) is 21.5. The van der Waals surface area contributed by atoms with Crippen molar-refractivity contribution in [1.29, 1.82) is 0 Å². The summed E-state index contributed by atoms with van der Waals surface area (Å²) in [6.45, 7) is 1.66. The quantitative estimate of drug-likeness (QED) is 0.375. The maximum atomic E-state index is 13.9. The van der Waals surface area contributed by atoms with E-state index in [0.29, 0.717) is 17.0 Å². The first-order valence-electron chi connectivity index (χ1n) is 13.2. The van der Waals surface area contributed by atoms with E-state index in [0.717, 1.165) is 47.6 Å². The summed E-state index contributed by atoms with van der Waals surface area (Å²) in [5.41, 5.74) is 7.14. The fourth-order valence-corrected chi connectivity index (χ4v) is 7.76. The number of sulfonamides is 1. The van der Waals surface area contributed by atoms with Crippen molar-refractivity contribution in [2.45, 2.75) is 30.0 Å². The van der Waals surface area contributed by atoms with Gasteiger partial charge in [-0.25, -0.2) is 12.6 Å². The molecule has 1 aromatic heterocycles. The monoisotopic (exact) mass is 621 g/mol. The van der Waals surface area contributed by atoms with Crippen LogP contribution in [0.1, 0.15) is 12.8 Å². The summed E-state index contributed by atoms with van der Waals surface area (Å²) in [6, 6.07) is 12.7. The third kappa shape index (κ3) is 6.50. The molecule has 0 spiro atoms. The Kier molecular flexibility index (Phi) is 8.56. The minimum Gasteiger partial charge on any atom is -0.371 e. The van der Waals surface area contributed by atoms with Gasteiger partial charge >= 0.3 is 0 Å². The van der Waals surface area contributed by atoms with Gasteiger partial charge in [-0.05, 0) is 65.9 Å². The van der Waals surface area contributed by atoms with Crippen molar-refractivity contribution in [3.8, 4) is 0 Å². The molecule has 0 radical (unpaired) electrons. The molecular formula is C27H32ClN5O6S2. The average Bonchev–Trinajstić information content (AvgIpc) is 2.95. The van der Waals surface area contributed by atoms with Crippen LogP contribution in [0.5, 0.6) is 0 Å². The van der Waals surface area contributed by atoms with Gasteiger partial charge in [0.15, 0.2) is 0 Å². The Morgan fingerprint density at radius 2 is 1.66 bits per heavy atom. The number of pyridine rings is 1. The summed E-state index contributed by atoms with van der Waals surface area (Å²) in [5.74, 6) is -0.620. The molecule has 2 aliphatic heterocycles. The molecule has 14 heteroatoms. The van der Waals surface area contributed by atoms with Crippen molar-refractivity contribution in [3.05, 3.63) is 65.9 Å². The zero-order valence-corrected chi connectivity index (χ0v) is 24.9. The number of hydrogen-bond acceptors (Lipinski definition) is 9. The van der Waals surface area contributed by atoms with Crippen molar-refractivity contribution < 1.29 is 25.8 Å². The fraction of sp³-hybridized carbons (Fsp3) is 0.407. The van der Waals surface area contributed by atoms with Crippen molar-refractivity contribution in [3.63, 3.8) is 0 Å². The Balaban J connectivity index is 1.39. The second-order valence-corrected chi connectivity index (χ2v) is 14.3. The molecule has 0 saturated carbocycles. The SMILES string of the molecule is CS(=O)(=O)OC1C(=O)N(CC2CCN(c3ccncc3)CC2)C(CN)CN1S(=O)(=O)c1ccc2cc(Cl)ccc2c1. The molecule has 41 heavy (non-hydrogen) atoms. The minimum absolute atomic E-state index is 0.00453. The highest BCUT2D eigenvalue weighted by atomic mass is 35.5. The predicted octanol–water partition coefficient (Wildman–Crippen LogP) is 2.27. The highest BCUT2D eigenvalue weighted by molar-refractivity contribution is 7.89. The van der Waals surface area contributed by atoms with Gasteiger partial charge < -0.3 is 15.5 Å². The first-order chi connectivity index (χ1) is 19.5. The zero-order chi connectivity index (χ0) is 29.4. The van der Waals surface area contributed by atoms with Gasteiger partial charge in [-0.2, -0.15) is 12.7 Å². The maximum absolute atomic E-state index is 13.9. The lowest BCUT2D eigenvalue weighted by Crippen LogP contribution is -2.66. The fourth-order valence-electron chi connectivity index (χ4n) is 5.46. The number of nitrogens with two attached hydrogens (primary N) is 1. The molecule has 3 heterocycles. The summed E-state index contributed by atoms with van der Waals surface area (Å²) < 4.78 is 58.1. The molecule has 220 valence electrons. The number of carbonyl (C=O) groups is 1. The van der Waals surface area contributed by atoms with Gasteiger partial charge in [-0.15, -0.1) is 0 Å². The van der Waals surface area contributed by atoms with E-state index in [4.69, 9.17) is 21.5 Å². The Morgan fingerprint density at radius 1 is 1.00 bits per heavy atom. The van der Waals surface area contributed by atoms with E-state index < -0.39 is 38.3 Å². The van der Waals surface area contributed by atoms with Crippen LogP contribution < -0.4 is 10.6 Å². The number of rotatable bonds is 8. The Bertz CT molecular complexity index is 1630. The van der Waals surface area contributed by atoms with E-state index in [9.17, 15) is 21.6 Å². The lowest BCUT2D eigenvalue weighted by atomic mass is 9.94. The number of piperazine rings is 1. The van der Waals surface area contributed by atoms with Crippen molar-refractivity contribution in [2.24, 2.45) is 11.7 Å². The molecule has 2 aromatic carbocycles. The van der Waals surface area contributed by atoms with Crippen molar-refractivity contribution in [2.75, 3.05) is 43.9 Å². The second-order valence-electron chi connectivity index (χ2n) is 10.4. The van der Waals surface area contributed by atoms with Gasteiger partial charge in [0.1, 0.15) is 0 Å². The van der Waals surface area contributed by atoms with Gasteiger partial charge in [0, 0.05) is 55.8 Å². The van der Waals surface area contributed by atoms with Crippen LogP contribution in [-0.2, 0) is 29.1 Å². The molecule has 2 N–H and O–H groups in total. The number of amides is 1. The number of benzene rings is 2. The third-order valence-electron chi connectivity index (χ3n) is 7.60. The topological polar surface area (TPSA) is 143 Å². The first-order valence-corrected chi connectivity index (χ1v) is 16.8. The van der Waals surface area contributed by atoms with Crippen LogP contribution in [0.15, 0.2) is 65.8 Å². The minimum atomic E-state index is -4.36. The standard InChI is InChI=1S/C27H32ClN5O6S2/c1-40(35,36)39-27-26(34)32(17-19-8-12-31(13-9-19)23-6-10-30-11-7-23)24(16-29)18-33(27)41(37,38)25-5-3-20-14-22(28)4-2-21(20)15-25/h2-7,10-11,14-15,19,24,27H,8-9,12-13,16-18,29H2,1H3. The van der Waals surface area contributed by atoms with Gasteiger partial charge in [0.2, 0.25) is 16.3 Å². The second kappa shape index (κ2) is 11.8. The molecule has 2 unspecified atom stereocenters. The van der Waals surface area contributed by atoms with E-state index in [1.807, 2.05) is 12.1 Å². The molecule has 5 rings (SSSR count). The van der Waals surface area contributed by atoms with E-state index in [1.165, 1.54) is 17.0 Å². The Labute approximate surface area is 245 Å². The zero-order valence-electron chi connectivity index (χ0n) is 22.5. The number of piperidine rings is 1. The lowest BCUT2D eigenvalue weighted by molar-refractivity contribution is -0.154. The van der Waals surface area contributed by atoms with Crippen molar-refractivity contribution >= 4 is 54.1 Å². The number of carbonyl (C=O) groups excluding carboxylic acids is 1. The normalized spacial score (nSPS) is 21.5. The Morgan fingerprint density at radius 3 is 2.32 bits per heavy atom. The number of aromatic nitrogens is 1. The first kappa shape index (κ1) is 29.7. The number of hydrogen-bond donors (Lipinski definition) is 1. The molecule has 3 aromatic rings. The van der Waals surface area contributed by atoms with Gasteiger partial charge in [-0.1, -0.05) is 23.7 Å². The molecule has 11 nitrogen and oxygen atoms in total. The van der Waals surface area contributed by atoms with Crippen LogP contribution >= 0.6 is 11.6 Å². The highest BCUT2D eigenvalue weighted by Gasteiger charge is 2.48. The third-order valence-corrected chi connectivity index (χ3v) is 10.2. The number of halogens is 1. The van der Waals surface area contributed by atoms with Crippen LogP contribution in [0.4, 0.5) is 5.69 Å². The highest BCUT2D eigenvalue weighted by Crippen LogP contribution is 2.31. The molecule has 2 saturated heterocycles. The molecule has 1 amide bonds. The van der Waals surface area contributed by atoms with E-state index in [2.05, 4.69) is 9.88 Å². The van der Waals surface area contributed by atoms with Crippen LogP contribution in [-0.4, -0.2) is 88.2 Å². The Hall–Kier alpha value is -2.81. The van der Waals surface area contributed by atoms with Crippen LogP contribution in [0.25, 0.3) is 10.8 Å². The number of nitrogens with zero attached hydrogens (tertiary/aromatic N) is 4. The largest absolute Gasteiger partial charge is 0.371 e. The van der Waals surface area contributed by atoms with Gasteiger partial charge in [-0.3, -0.25) is 9.78 Å². The number of anilines is 1. The smallest absolute Gasteiger partial charge is 0.269 e. The van der Waals surface area contributed by atoms with E-state index >= 15 is 0 Å². The molecule has 2 fully saturated rings. The van der Waals surface area contributed by atoms with Crippen molar-refractivity contribution in [1.82, 2.24) is 14.2 Å². The summed E-state index contributed by atoms with van der Waals surface area (Å²) in [6.07, 6.45) is 3.99. The maximum Gasteiger partial charge on any atom is 0.269 e. The van der Waals surface area contributed by atoms with Crippen LogP contribution in [0.2, 0.25) is 5.02 Å². The summed E-state index contributed by atoms with van der Waals surface area (Å²) >= 11 is 6.06. The summed E-state index contributed by atoms with van der Waals surface area (Å²) in [7, 11) is -8.56. The van der Waals surface area contributed by atoms with Crippen LogP contribution in [0, 0.1) is 5.92 Å². The van der Waals surface area contributed by atoms with Crippen LogP contribution in [0.3, 0.4) is 0 Å². The summed E-state index contributed by atoms with van der Waals surface area (Å²) in [5, 5.41) is 1.86. The molecule has 0 bridgehead atoms. The van der Waals surface area contributed by atoms with Gasteiger partial charge in [0.25, 0.3) is 16.0 Å². The predicted molar refractivity (Wildman–Crippen MR) is 156 cm³/mol. The van der Waals surface area contributed by atoms with Gasteiger partial charge in [0.05, 0.1) is 17.2 Å². The molecule has 0 aliphatic carbocycles. The van der Waals surface area contributed by atoms with E-state index in [-0.39, 0.29) is 23.9 Å². The van der Waals surface area contributed by atoms with E-state index in [1.54, 1.807) is 36.7 Å². The number of fused-ring (bicyclic) bond motifs is 1.